The third kappa shape index (κ3) is 5.02. The standard InChI is InChI=1S/C18H21F2N3O5/c1-9(2)7-13(17(26)27)21-15(24)6-4-12-16(25)23(18(28)22-12)14-5-3-10(19)8-11(14)20/h3,5,8-9,12-13H,4,6-7H2,1-2H3,(H,21,24)(H,22,28)(H,26,27)/t12-,13-/m0/s1. The molecule has 0 aliphatic carbocycles. The highest BCUT2D eigenvalue weighted by Gasteiger charge is 2.40. The molecule has 0 aromatic heterocycles. The van der Waals surface area contributed by atoms with E-state index in [1.807, 2.05) is 13.8 Å². The molecule has 3 N–H and O–H groups in total. The van der Waals surface area contributed by atoms with Crippen LogP contribution in [0.2, 0.25) is 0 Å². The largest absolute Gasteiger partial charge is 0.480 e. The Bertz CT molecular complexity index is 799. The van der Waals surface area contributed by atoms with Gasteiger partial charge < -0.3 is 15.7 Å². The van der Waals surface area contributed by atoms with Gasteiger partial charge in [0.15, 0.2) is 0 Å². The number of halogens is 2. The molecule has 0 radical (unpaired) electrons. The molecular weight excluding hydrogens is 376 g/mol. The second kappa shape index (κ2) is 8.77. The number of hydrogen-bond donors (Lipinski definition) is 3. The van der Waals surface area contributed by atoms with Gasteiger partial charge in [-0.25, -0.2) is 23.3 Å². The van der Waals surface area contributed by atoms with Crippen LogP contribution in [0.4, 0.5) is 19.3 Å². The third-order valence-electron chi connectivity index (χ3n) is 4.17. The number of nitrogens with one attached hydrogen (secondary N) is 2. The first kappa shape index (κ1) is 21.3. The van der Waals surface area contributed by atoms with Crippen molar-refractivity contribution >= 4 is 29.5 Å². The van der Waals surface area contributed by atoms with Crippen molar-refractivity contribution in [3.63, 3.8) is 0 Å². The minimum absolute atomic E-state index is 0.0521. The molecule has 1 aliphatic rings. The molecule has 28 heavy (non-hydrogen) atoms. The highest BCUT2D eigenvalue weighted by molar-refractivity contribution is 6.21. The van der Waals surface area contributed by atoms with Crippen LogP contribution >= 0.6 is 0 Å². The maximum atomic E-state index is 13.9. The number of aliphatic carboxylic acids is 1. The van der Waals surface area contributed by atoms with Gasteiger partial charge in [0.05, 0.1) is 5.69 Å². The van der Waals surface area contributed by atoms with E-state index in [0.29, 0.717) is 11.0 Å². The summed E-state index contributed by atoms with van der Waals surface area (Å²) in [6.45, 7) is 3.63. The predicted octanol–water partition coefficient (Wildman–Crippen LogP) is 1.79. The van der Waals surface area contributed by atoms with Gasteiger partial charge in [-0.2, -0.15) is 0 Å². The van der Waals surface area contributed by atoms with E-state index in [0.717, 1.165) is 12.1 Å². The normalized spacial score (nSPS) is 17.6. The summed E-state index contributed by atoms with van der Waals surface area (Å²) in [4.78, 5) is 48.2. The van der Waals surface area contributed by atoms with Crippen molar-refractivity contribution < 1.29 is 33.1 Å². The van der Waals surface area contributed by atoms with Crippen LogP contribution in [-0.4, -0.2) is 41.0 Å². The van der Waals surface area contributed by atoms with E-state index in [-0.39, 0.29) is 25.2 Å². The van der Waals surface area contributed by atoms with E-state index in [1.54, 1.807) is 0 Å². The van der Waals surface area contributed by atoms with Gasteiger partial charge >= 0.3 is 12.0 Å². The number of carbonyl (C=O) groups is 4. The Morgan fingerprint density at radius 1 is 1.29 bits per heavy atom. The zero-order chi connectivity index (χ0) is 21.0. The second-order valence-electron chi connectivity index (χ2n) is 6.90. The van der Waals surface area contributed by atoms with Gasteiger partial charge in [0.25, 0.3) is 5.91 Å². The lowest BCUT2D eigenvalue weighted by Gasteiger charge is -2.17. The van der Waals surface area contributed by atoms with E-state index in [9.17, 15) is 28.0 Å². The lowest BCUT2D eigenvalue weighted by molar-refractivity contribution is -0.142. The first-order valence-corrected chi connectivity index (χ1v) is 8.71. The average Bonchev–Trinajstić information content (AvgIpc) is 2.86. The van der Waals surface area contributed by atoms with E-state index < -0.39 is 53.2 Å². The monoisotopic (exact) mass is 397 g/mol. The van der Waals surface area contributed by atoms with E-state index in [2.05, 4.69) is 10.6 Å². The number of benzene rings is 1. The Labute approximate surface area is 159 Å². The molecule has 1 fully saturated rings. The van der Waals surface area contributed by atoms with Gasteiger partial charge in [0, 0.05) is 12.5 Å². The maximum Gasteiger partial charge on any atom is 0.329 e. The van der Waals surface area contributed by atoms with Gasteiger partial charge in [-0.3, -0.25) is 9.59 Å². The van der Waals surface area contributed by atoms with Crippen LogP contribution in [0.5, 0.6) is 0 Å². The van der Waals surface area contributed by atoms with Gasteiger partial charge in [-0.15, -0.1) is 0 Å². The van der Waals surface area contributed by atoms with Crippen molar-refractivity contribution in [2.45, 2.75) is 45.2 Å². The molecule has 0 unspecified atom stereocenters. The molecule has 0 spiro atoms. The van der Waals surface area contributed by atoms with Gasteiger partial charge in [0.1, 0.15) is 23.7 Å². The highest BCUT2D eigenvalue weighted by atomic mass is 19.1. The number of carboxylic acid groups (broad SMARTS) is 1. The van der Waals surface area contributed by atoms with Crippen LogP contribution in [0.15, 0.2) is 18.2 Å². The molecule has 2 atom stereocenters. The first-order valence-electron chi connectivity index (χ1n) is 8.71. The fourth-order valence-corrected chi connectivity index (χ4v) is 2.85. The number of urea groups is 1. The van der Waals surface area contributed by atoms with Gasteiger partial charge in [0.2, 0.25) is 5.91 Å². The maximum absolute atomic E-state index is 13.9. The summed E-state index contributed by atoms with van der Waals surface area (Å²) in [5.41, 5.74) is -0.390. The molecule has 10 heteroatoms. The zero-order valence-electron chi connectivity index (χ0n) is 15.4. The smallest absolute Gasteiger partial charge is 0.329 e. The Kier molecular flexibility index (Phi) is 6.66. The molecule has 1 aromatic carbocycles. The van der Waals surface area contributed by atoms with Crippen molar-refractivity contribution in [1.82, 2.24) is 10.6 Å². The zero-order valence-corrected chi connectivity index (χ0v) is 15.4. The Morgan fingerprint density at radius 2 is 1.96 bits per heavy atom. The van der Waals surface area contributed by atoms with Gasteiger partial charge in [-0.1, -0.05) is 13.8 Å². The van der Waals surface area contributed by atoms with Crippen molar-refractivity contribution in [3.8, 4) is 0 Å². The van der Waals surface area contributed by atoms with Gasteiger partial charge in [-0.05, 0) is 30.9 Å². The van der Waals surface area contributed by atoms with Crippen LogP contribution in [0.25, 0.3) is 0 Å². The summed E-state index contributed by atoms with van der Waals surface area (Å²) in [5, 5.41) is 13.9. The van der Waals surface area contributed by atoms with Crippen LogP contribution in [0.1, 0.15) is 33.1 Å². The molecule has 1 aromatic rings. The molecule has 8 nitrogen and oxygen atoms in total. The van der Waals surface area contributed by atoms with Crippen LogP contribution < -0.4 is 15.5 Å². The minimum Gasteiger partial charge on any atom is -0.480 e. The van der Waals surface area contributed by atoms with Crippen molar-refractivity contribution in [1.29, 1.82) is 0 Å². The summed E-state index contributed by atoms with van der Waals surface area (Å²) in [5.74, 6) is -4.39. The SMILES string of the molecule is CC(C)C[C@H](NC(=O)CC[C@@H]1NC(=O)N(c2ccc(F)cc2F)C1=O)C(=O)O. The molecule has 0 saturated carbocycles. The van der Waals surface area contributed by atoms with Crippen LogP contribution in [0.3, 0.4) is 0 Å². The number of carboxylic acids is 1. The third-order valence-corrected chi connectivity index (χ3v) is 4.17. The van der Waals surface area contributed by atoms with Crippen molar-refractivity contribution in [2.75, 3.05) is 4.90 Å². The second-order valence-corrected chi connectivity index (χ2v) is 6.90. The average molecular weight is 397 g/mol. The van der Waals surface area contributed by atoms with Crippen molar-refractivity contribution in [3.05, 3.63) is 29.8 Å². The lowest BCUT2D eigenvalue weighted by atomic mass is 10.0. The number of amides is 4. The summed E-state index contributed by atoms with van der Waals surface area (Å²) in [6, 6.07) is -0.565. The number of hydrogen-bond acceptors (Lipinski definition) is 4. The number of rotatable bonds is 8. The van der Waals surface area contributed by atoms with E-state index in [4.69, 9.17) is 5.11 Å². The molecular formula is C18H21F2N3O5. The summed E-state index contributed by atoms with van der Waals surface area (Å²) in [6.07, 6.45) is -0.0557. The van der Waals surface area contributed by atoms with E-state index in [1.165, 1.54) is 0 Å². The highest BCUT2D eigenvalue weighted by Crippen LogP contribution is 2.25. The topological polar surface area (TPSA) is 116 Å². The molecule has 1 heterocycles. The molecule has 4 amide bonds. The predicted molar refractivity (Wildman–Crippen MR) is 94.4 cm³/mol. The summed E-state index contributed by atoms with van der Waals surface area (Å²) in [7, 11) is 0. The molecule has 152 valence electrons. The Hall–Kier alpha value is -3.04. The number of carbonyl (C=O) groups excluding carboxylic acids is 3. The minimum atomic E-state index is -1.16. The number of nitrogens with zero attached hydrogens (tertiary/aromatic N) is 1. The summed E-state index contributed by atoms with van der Waals surface area (Å²) >= 11 is 0. The molecule has 2 rings (SSSR count). The number of anilines is 1. The summed E-state index contributed by atoms with van der Waals surface area (Å²) < 4.78 is 26.9. The quantitative estimate of drug-likeness (QED) is 0.579. The molecule has 0 bridgehead atoms. The van der Waals surface area contributed by atoms with Crippen molar-refractivity contribution in [2.24, 2.45) is 5.92 Å². The van der Waals surface area contributed by atoms with Crippen LogP contribution in [0, 0.1) is 17.6 Å². The van der Waals surface area contributed by atoms with E-state index >= 15 is 0 Å². The number of imide groups is 1. The fraction of sp³-hybridized carbons (Fsp3) is 0.444. The Morgan fingerprint density at radius 3 is 2.54 bits per heavy atom. The lowest BCUT2D eigenvalue weighted by Crippen LogP contribution is -2.42. The molecule has 1 saturated heterocycles. The van der Waals surface area contributed by atoms with Crippen LogP contribution in [-0.2, 0) is 14.4 Å². The molecule has 1 aliphatic heterocycles. The Balaban J connectivity index is 1.98. The fourth-order valence-electron chi connectivity index (χ4n) is 2.85. The first-order chi connectivity index (χ1) is 13.1.